The minimum absolute atomic E-state index is 0.579. The molecule has 0 bridgehead atoms. The third kappa shape index (κ3) is 4.48. The van der Waals surface area contributed by atoms with Crippen molar-refractivity contribution in [1.29, 1.82) is 0 Å². The van der Waals surface area contributed by atoms with E-state index in [1.165, 1.54) is 12.8 Å². The van der Waals surface area contributed by atoms with E-state index >= 15 is 0 Å². The van der Waals surface area contributed by atoms with Crippen molar-refractivity contribution in [3.8, 4) is 17.1 Å². The molecule has 0 aliphatic heterocycles. The van der Waals surface area contributed by atoms with E-state index in [9.17, 15) is 5.11 Å². The topological polar surface area (TPSA) is 58.1 Å². The maximum absolute atomic E-state index is 10.4. The van der Waals surface area contributed by atoms with Gasteiger partial charge < -0.3 is 14.8 Å². The number of fused-ring (bicyclic) bond motifs is 6. The van der Waals surface area contributed by atoms with Crippen LogP contribution in [0.2, 0.25) is 0 Å². The molecule has 4 aromatic carbocycles. The molecule has 1 saturated carbocycles. The van der Waals surface area contributed by atoms with Crippen molar-refractivity contribution in [2.75, 3.05) is 6.61 Å². The largest absolute Gasteiger partial charge is 0.493 e. The molecule has 1 fully saturated rings. The van der Waals surface area contributed by atoms with Gasteiger partial charge in [0.05, 0.1) is 23.2 Å². The lowest BCUT2D eigenvalue weighted by molar-refractivity contribution is 0.0810. The Morgan fingerprint density at radius 2 is 1.69 bits per heavy atom. The zero-order chi connectivity index (χ0) is 24.3. The second-order valence-corrected chi connectivity index (χ2v) is 11.9. The van der Waals surface area contributed by atoms with Crippen molar-refractivity contribution in [2.24, 2.45) is 5.92 Å². The number of aromatic nitrogens is 2. The fourth-order valence-corrected chi connectivity index (χ4v) is 6.16. The van der Waals surface area contributed by atoms with Gasteiger partial charge >= 0.3 is 0 Å². The summed E-state index contributed by atoms with van der Waals surface area (Å²) in [7, 11) is 0. The first-order valence-electron chi connectivity index (χ1n) is 11.9. The molecule has 1 aromatic heterocycles. The van der Waals surface area contributed by atoms with Crippen LogP contribution in [0.3, 0.4) is 0 Å². The van der Waals surface area contributed by atoms with Gasteiger partial charge in [0.2, 0.25) is 0 Å². The van der Waals surface area contributed by atoms with Gasteiger partial charge in [-0.05, 0) is 111 Å². The van der Waals surface area contributed by atoms with E-state index in [2.05, 4.69) is 73.2 Å². The normalized spacial score (nSPS) is 14.3. The maximum Gasteiger partial charge on any atom is 0.140 e. The lowest BCUT2D eigenvalue weighted by Crippen LogP contribution is -2.21. The Bertz CT molecular complexity index is 1580. The van der Waals surface area contributed by atoms with Crippen molar-refractivity contribution >= 4 is 64.4 Å². The van der Waals surface area contributed by atoms with E-state index in [1.807, 2.05) is 32.0 Å². The van der Waals surface area contributed by atoms with Crippen LogP contribution < -0.4 is 4.74 Å². The van der Waals surface area contributed by atoms with Crippen molar-refractivity contribution < 1.29 is 9.84 Å². The standard InChI is InChI=1S/C29H26Br2N2O2/c1-29(2,34)14-17-8-10-19-21(12-17)22-13-18(35-15-16-6-7-16)9-11-20(22)27-26(19)32-28(33-27)25-23(30)4-3-5-24(25)31/h3-5,8-13,16,34H,6-7,14-15H2,1-2H3,(H,32,33). The highest BCUT2D eigenvalue weighted by Crippen LogP contribution is 2.40. The Kier molecular flexibility index (Phi) is 5.66. The quantitative estimate of drug-likeness (QED) is 0.195. The van der Waals surface area contributed by atoms with E-state index in [4.69, 9.17) is 9.72 Å². The highest BCUT2D eigenvalue weighted by atomic mass is 79.9. The molecule has 1 aliphatic carbocycles. The second-order valence-electron chi connectivity index (χ2n) is 10.2. The van der Waals surface area contributed by atoms with Crippen LogP contribution in [0.4, 0.5) is 0 Å². The molecule has 2 N–H and O–H groups in total. The summed E-state index contributed by atoms with van der Waals surface area (Å²) in [5, 5.41) is 14.9. The van der Waals surface area contributed by atoms with E-state index in [0.29, 0.717) is 12.3 Å². The molecule has 4 nitrogen and oxygen atoms in total. The number of halogens is 2. The molecule has 0 radical (unpaired) electrons. The predicted octanol–water partition coefficient (Wildman–Crippen LogP) is 8.16. The summed E-state index contributed by atoms with van der Waals surface area (Å²) in [6, 6.07) is 18.8. The Morgan fingerprint density at radius 3 is 2.40 bits per heavy atom. The number of aliphatic hydroxyl groups is 1. The average Bonchev–Trinajstić information content (AvgIpc) is 3.53. The van der Waals surface area contributed by atoms with Crippen LogP contribution in [0.25, 0.3) is 44.0 Å². The first kappa shape index (κ1) is 23.0. The molecule has 0 spiro atoms. The van der Waals surface area contributed by atoms with E-state index in [1.54, 1.807) is 0 Å². The minimum atomic E-state index is -0.780. The Balaban J connectivity index is 1.61. The van der Waals surface area contributed by atoms with Crippen LogP contribution >= 0.6 is 31.9 Å². The number of H-pyrrole nitrogens is 1. The number of nitrogens with zero attached hydrogens (tertiary/aromatic N) is 1. The first-order chi connectivity index (χ1) is 16.8. The van der Waals surface area contributed by atoms with Crippen LogP contribution in [-0.2, 0) is 6.42 Å². The molecule has 0 atom stereocenters. The van der Waals surface area contributed by atoms with Gasteiger partial charge in [0.15, 0.2) is 0 Å². The Morgan fingerprint density at radius 1 is 0.971 bits per heavy atom. The number of benzene rings is 4. The van der Waals surface area contributed by atoms with Gasteiger partial charge in [-0.15, -0.1) is 0 Å². The summed E-state index contributed by atoms with van der Waals surface area (Å²) in [6.45, 7) is 4.47. The molecule has 5 aromatic rings. The van der Waals surface area contributed by atoms with Gasteiger partial charge in [-0.2, -0.15) is 0 Å². The summed E-state index contributed by atoms with van der Waals surface area (Å²) in [5.74, 6) is 2.40. The fourth-order valence-electron chi connectivity index (χ4n) is 4.79. The summed E-state index contributed by atoms with van der Waals surface area (Å²) < 4.78 is 8.09. The summed E-state index contributed by atoms with van der Waals surface area (Å²) in [5.41, 5.74) is 3.25. The van der Waals surface area contributed by atoms with Crippen LogP contribution in [0, 0.1) is 5.92 Å². The van der Waals surface area contributed by atoms with E-state index < -0.39 is 5.60 Å². The van der Waals surface area contributed by atoms with Gasteiger partial charge in [0, 0.05) is 31.7 Å². The number of nitrogens with one attached hydrogen (secondary N) is 1. The van der Waals surface area contributed by atoms with Gasteiger partial charge in [-0.25, -0.2) is 4.98 Å². The third-order valence-corrected chi connectivity index (χ3v) is 7.93. The number of aromatic amines is 1. The van der Waals surface area contributed by atoms with Gasteiger partial charge in [0.1, 0.15) is 11.6 Å². The van der Waals surface area contributed by atoms with Crippen LogP contribution in [0.15, 0.2) is 63.5 Å². The Hall–Kier alpha value is -2.41. The molecular weight excluding hydrogens is 568 g/mol. The zero-order valence-electron chi connectivity index (χ0n) is 19.7. The molecule has 0 saturated heterocycles. The minimum Gasteiger partial charge on any atom is -0.493 e. The lowest BCUT2D eigenvalue weighted by Gasteiger charge is -2.18. The molecule has 178 valence electrons. The number of hydrogen-bond donors (Lipinski definition) is 2. The fraction of sp³-hybridized carbons (Fsp3) is 0.276. The molecule has 0 amide bonds. The van der Waals surface area contributed by atoms with Crippen LogP contribution in [0.5, 0.6) is 5.75 Å². The molecule has 6 rings (SSSR count). The highest BCUT2D eigenvalue weighted by Gasteiger charge is 2.23. The van der Waals surface area contributed by atoms with Gasteiger partial charge in [0.25, 0.3) is 0 Å². The number of ether oxygens (including phenoxy) is 1. The zero-order valence-corrected chi connectivity index (χ0v) is 22.8. The lowest BCUT2D eigenvalue weighted by atomic mass is 9.93. The van der Waals surface area contributed by atoms with Gasteiger partial charge in [-0.3, -0.25) is 0 Å². The molecule has 1 aliphatic rings. The maximum atomic E-state index is 10.4. The van der Waals surface area contributed by atoms with Crippen molar-refractivity contribution in [1.82, 2.24) is 9.97 Å². The number of rotatable bonds is 6. The number of hydrogen-bond acceptors (Lipinski definition) is 3. The predicted molar refractivity (Wildman–Crippen MR) is 150 cm³/mol. The molecular formula is C29H26Br2N2O2. The molecule has 35 heavy (non-hydrogen) atoms. The molecule has 6 heteroatoms. The van der Waals surface area contributed by atoms with Gasteiger partial charge in [-0.1, -0.05) is 24.3 Å². The number of imidazole rings is 1. The van der Waals surface area contributed by atoms with E-state index in [-0.39, 0.29) is 0 Å². The van der Waals surface area contributed by atoms with E-state index in [0.717, 1.165) is 70.8 Å². The summed E-state index contributed by atoms with van der Waals surface area (Å²) >= 11 is 7.38. The average molecular weight is 594 g/mol. The SMILES string of the molecule is CC(C)(O)Cc1ccc2c(c1)c1cc(OCC3CC3)ccc1c1[nH]c(-c3c(Br)cccc3Br)nc21. The summed E-state index contributed by atoms with van der Waals surface area (Å²) in [6.07, 6.45) is 3.11. The smallest absolute Gasteiger partial charge is 0.140 e. The van der Waals surface area contributed by atoms with Crippen molar-refractivity contribution in [2.45, 2.75) is 38.7 Å². The third-order valence-electron chi connectivity index (χ3n) is 6.61. The Labute approximate surface area is 221 Å². The van der Waals surface area contributed by atoms with Crippen molar-refractivity contribution in [3.05, 3.63) is 69.1 Å². The van der Waals surface area contributed by atoms with Crippen LogP contribution in [0.1, 0.15) is 32.3 Å². The monoisotopic (exact) mass is 592 g/mol. The summed E-state index contributed by atoms with van der Waals surface area (Å²) in [4.78, 5) is 8.69. The first-order valence-corrected chi connectivity index (χ1v) is 13.5. The highest BCUT2D eigenvalue weighted by molar-refractivity contribution is 9.11. The molecule has 0 unspecified atom stereocenters. The van der Waals surface area contributed by atoms with Crippen LogP contribution in [-0.4, -0.2) is 27.3 Å². The second kappa shape index (κ2) is 8.61. The molecule has 1 heterocycles. The van der Waals surface area contributed by atoms with Crippen molar-refractivity contribution in [3.63, 3.8) is 0 Å².